The van der Waals surface area contributed by atoms with E-state index in [9.17, 15) is 10.2 Å². The fraction of sp³-hybridized carbons (Fsp3) is 0.700. The molecule has 0 spiro atoms. The van der Waals surface area contributed by atoms with Crippen LogP contribution in [0.1, 0.15) is 72.6 Å². The summed E-state index contributed by atoms with van der Waals surface area (Å²) in [5.41, 5.74) is 3.26. The van der Waals surface area contributed by atoms with E-state index in [0.29, 0.717) is 0 Å². The highest BCUT2D eigenvalue weighted by Crippen LogP contribution is 2.28. The average Bonchev–Trinajstić information content (AvgIpc) is 2.46. The van der Waals surface area contributed by atoms with Crippen LogP contribution >= 0.6 is 0 Å². The minimum atomic E-state index is -0.995. The Morgan fingerprint density at radius 3 is 2.00 bits per heavy atom. The summed E-state index contributed by atoms with van der Waals surface area (Å²) in [6, 6.07) is 0. The Balaban J connectivity index is 2.87. The number of hydrogen-bond donors (Lipinski definition) is 2. The van der Waals surface area contributed by atoms with Crippen LogP contribution in [0.25, 0.3) is 0 Å². The van der Waals surface area contributed by atoms with Crippen molar-refractivity contribution in [2.75, 3.05) is 6.61 Å². The van der Waals surface area contributed by atoms with E-state index in [1.807, 2.05) is 0 Å². The molecular weight excluding hydrogens is 272 g/mol. The molecule has 0 aromatic carbocycles. The van der Waals surface area contributed by atoms with E-state index in [1.165, 1.54) is 16.7 Å². The van der Waals surface area contributed by atoms with Gasteiger partial charge in [-0.3, -0.25) is 0 Å². The van der Waals surface area contributed by atoms with Gasteiger partial charge in [0.15, 0.2) is 0 Å². The average molecular weight is 306 g/mol. The lowest BCUT2D eigenvalue weighted by atomic mass is 9.82. The molecule has 0 aromatic heterocycles. The highest BCUT2D eigenvalue weighted by molar-refractivity contribution is 5.08. The normalized spacial score (nSPS) is 32.5. The van der Waals surface area contributed by atoms with Crippen molar-refractivity contribution < 1.29 is 10.2 Å². The van der Waals surface area contributed by atoms with E-state index in [1.54, 1.807) is 6.92 Å². The molecule has 0 bridgehead atoms. The second kappa shape index (κ2) is 9.32. The first-order chi connectivity index (χ1) is 10.3. The van der Waals surface area contributed by atoms with Crippen molar-refractivity contribution >= 4 is 0 Å². The summed E-state index contributed by atoms with van der Waals surface area (Å²) in [7, 11) is 0. The molecule has 0 saturated carbocycles. The van der Waals surface area contributed by atoms with Crippen LogP contribution in [0.15, 0.2) is 34.9 Å². The van der Waals surface area contributed by atoms with Crippen LogP contribution in [0.4, 0.5) is 0 Å². The van der Waals surface area contributed by atoms with Crippen LogP contribution in [-0.4, -0.2) is 22.4 Å². The fourth-order valence-corrected chi connectivity index (χ4v) is 2.96. The van der Waals surface area contributed by atoms with Crippen molar-refractivity contribution in [3.8, 4) is 0 Å². The number of rotatable bonds is 2. The summed E-state index contributed by atoms with van der Waals surface area (Å²) in [6.07, 6.45) is 14.1. The van der Waals surface area contributed by atoms with E-state index in [2.05, 4.69) is 39.0 Å². The van der Waals surface area contributed by atoms with Crippen LogP contribution in [0.3, 0.4) is 0 Å². The number of allylic oxidation sites excluding steroid dienone is 6. The van der Waals surface area contributed by atoms with Crippen LogP contribution in [0.2, 0.25) is 0 Å². The van der Waals surface area contributed by atoms with Crippen LogP contribution in [0.5, 0.6) is 0 Å². The van der Waals surface area contributed by atoms with Gasteiger partial charge in [0.05, 0.1) is 12.2 Å². The van der Waals surface area contributed by atoms with Gasteiger partial charge in [-0.2, -0.15) is 0 Å². The van der Waals surface area contributed by atoms with E-state index in [0.717, 1.165) is 44.9 Å². The van der Waals surface area contributed by atoms with Crippen LogP contribution in [-0.2, 0) is 0 Å². The number of aliphatic hydroxyl groups is 2. The highest BCUT2D eigenvalue weighted by atomic mass is 16.3. The van der Waals surface area contributed by atoms with Gasteiger partial charge < -0.3 is 10.2 Å². The van der Waals surface area contributed by atoms with Crippen molar-refractivity contribution in [2.45, 2.75) is 78.2 Å². The van der Waals surface area contributed by atoms with Gasteiger partial charge in [-0.1, -0.05) is 34.9 Å². The SMILES string of the molecule is C/C1=C\CC/C(C)=C/CC([C@](C)(O)CO)CC/C(C)=C/CC1. The first kappa shape index (κ1) is 19.2. The first-order valence-electron chi connectivity index (χ1n) is 8.65. The lowest BCUT2D eigenvalue weighted by Crippen LogP contribution is -2.38. The van der Waals surface area contributed by atoms with Gasteiger partial charge >= 0.3 is 0 Å². The van der Waals surface area contributed by atoms with Gasteiger partial charge in [-0.15, -0.1) is 0 Å². The zero-order valence-corrected chi connectivity index (χ0v) is 14.9. The molecule has 0 amide bonds. The molecule has 1 rings (SSSR count). The lowest BCUT2D eigenvalue weighted by molar-refractivity contribution is -0.0483. The Labute approximate surface area is 136 Å². The summed E-state index contributed by atoms with van der Waals surface area (Å²) >= 11 is 0. The maximum atomic E-state index is 10.5. The molecule has 0 saturated heterocycles. The summed E-state index contributed by atoms with van der Waals surface area (Å²) in [4.78, 5) is 0. The fourth-order valence-electron chi connectivity index (χ4n) is 2.96. The van der Waals surface area contributed by atoms with Crippen molar-refractivity contribution in [1.82, 2.24) is 0 Å². The summed E-state index contributed by atoms with van der Waals surface area (Å²) < 4.78 is 0. The Morgan fingerprint density at radius 2 is 1.45 bits per heavy atom. The first-order valence-corrected chi connectivity index (χ1v) is 8.65. The Kier molecular flexibility index (Phi) is 8.13. The molecule has 22 heavy (non-hydrogen) atoms. The zero-order valence-electron chi connectivity index (χ0n) is 14.9. The summed E-state index contributed by atoms with van der Waals surface area (Å²) in [5.74, 6) is 0.107. The molecule has 0 fully saturated rings. The van der Waals surface area contributed by atoms with Gasteiger partial charge in [-0.25, -0.2) is 0 Å². The lowest BCUT2D eigenvalue weighted by Gasteiger charge is -2.31. The van der Waals surface area contributed by atoms with E-state index < -0.39 is 5.60 Å². The van der Waals surface area contributed by atoms with E-state index in [4.69, 9.17) is 0 Å². The second-order valence-electron chi connectivity index (χ2n) is 7.22. The predicted molar refractivity (Wildman–Crippen MR) is 94.8 cm³/mol. The monoisotopic (exact) mass is 306 g/mol. The maximum absolute atomic E-state index is 10.5. The molecule has 2 heteroatoms. The summed E-state index contributed by atoms with van der Waals surface area (Å²) in [5, 5.41) is 19.9. The minimum absolute atomic E-state index is 0.107. The molecule has 1 aliphatic rings. The minimum Gasteiger partial charge on any atom is -0.393 e. The number of hydrogen-bond acceptors (Lipinski definition) is 2. The third-order valence-electron chi connectivity index (χ3n) is 4.90. The molecular formula is C20H34O2. The zero-order chi connectivity index (χ0) is 16.6. The van der Waals surface area contributed by atoms with Gasteiger partial charge in [0.1, 0.15) is 0 Å². The summed E-state index contributed by atoms with van der Waals surface area (Å²) in [6.45, 7) is 8.16. The van der Waals surface area contributed by atoms with Crippen LogP contribution < -0.4 is 0 Å². The molecule has 2 N–H and O–H groups in total. The molecule has 0 heterocycles. The van der Waals surface area contributed by atoms with Crippen LogP contribution in [0, 0.1) is 5.92 Å². The molecule has 0 aliphatic heterocycles. The Hall–Kier alpha value is -0.860. The van der Waals surface area contributed by atoms with Crippen molar-refractivity contribution in [2.24, 2.45) is 5.92 Å². The predicted octanol–water partition coefficient (Wildman–Crippen LogP) is 4.93. The van der Waals surface area contributed by atoms with Crippen molar-refractivity contribution in [3.05, 3.63) is 34.9 Å². The highest BCUT2D eigenvalue weighted by Gasteiger charge is 2.30. The quantitative estimate of drug-likeness (QED) is 0.710. The van der Waals surface area contributed by atoms with Gasteiger partial charge in [0.25, 0.3) is 0 Å². The van der Waals surface area contributed by atoms with Crippen molar-refractivity contribution in [1.29, 1.82) is 0 Å². The Bertz CT molecular complexity index is 427. The van der Waals surface area contributed by atoms with Gasteiger partial charge in [0, 0.05) is 0 Å². The van der Waals surface area contributed by atoms with E-state index in [-0.39, 0.29) is 12.5 Å². The molecule has 0 radical (unpaired) electrons. The third-order valence-corrected chi connectivity index (χ3v) is 4.90. The third kappa shape index (κ3) is 6.93. The molecule has 1 aliphatic carbocycles. The van der Waals surface area contributed by atoms with E-state index >= 15 is 0 Å². The van der Waals surface area contributed by atoms with Gasteiger partial charge in [-0.05, 0) is 78.6 Å². The standard InChI is InChI=1S/C20H34O2/c1-16-7-5-9-17(2)11-13-19(20(4,22)15-21)14-12-18(3)10-6-8-16/h7,10-11,19,21-22H,5-6,8-9,12-15H2,1-4H3/b16-7+,17-11+,18-10+/t19?,20-/m1/s1. The van der Waals surface area contributed by atoms with Gasteiger partial charge in [0.2, 0.25) is 0 Å². The topological polar surface area (TPSA) is 40.5 Å². The second-order valence-corrected chi connectivity index (χ2v) is 7.22. The molecule has 126 valence electrons. The maximum Gasteiger partial charge on any atom is 0.0880 e. The Morgan fingerprint density at radius 1 is 0.955 bits per heavy atom. The molecule has 2 atom stereocenters. The molecule has 2 nitrogen and oxygen atoms in total. The smallest absolute Gasteiger partial charge is 0.0880 e. The largest absolute Gasteiger partial charge is 0.393 e. The molecule has 1 unspecified atom stereocenters. The van der Waals surface area contributed by atoms with Crippen molar-refractivity contribution in [3.63, 3.8) is 0 Å². The molecule has 0 aromatic rings. The number of aliphatic hydroxyl groups excluding tert-OH is 1.